The second-order valence-electron chi connectivity index (χ2n) is 5.40. The van der Waals surface area contributed by atoms with Gasteiger partial charge in [0.1, 0.15) is 5.01 Å². The Morgan fingerprint density at radius 1 is 1.16 bits per heavy atom. The normalized spacial score (nSPS) is 18.0. The van der Waals surface area contributed by atoms with Crippen LogP contribution in [0.25, 0.3) is 17.0 Å². The largest absolute Gasteiger partial charge is 0.289 e. The fourth-order valence-electron chi connectivity index (χ4n) is 2.36. The predicted octanol–water partition coefficient (Wildman–Crippen LogP) is 3.63. The highest BCUT2D eigenvalue weighted by atomic mass is 32.2. The minimum absolute atomic E-state index is 0.0973. The molecule has 1 aliphatic rings. The lowest BCUT2D eigenvalue weighted by Crippen LogP contribution is -2.23. The van der Waals surface area contributed by atoms with Gasteiger partial charge in [0, 0.05) is 12.4 Å². The number of carbonyl (C=O) groups excluding carboxylic acids is 1. The van der Waals surface area contributed by atoms with Crippen LogP contribution in [0.5, 0.6) is 0 Å². The van der Waals surface area contributed by atoms with Gasteiger partial charge in [0.15, 0.2) is 5.17 Å². The first-order valence-electron chi connectivity index (χ1n) is 7.52. The summed E-state index contributed by atoms with van der Waals surface area (Å²) < 4.78 is 0. The number of amidine groups is 1. The highest BCUT2D eigenvalue weighted by Crippen LogP contribution is 2.33. The summed E-state index contributed by atoms with van der Waals surface area (Å²) in [5.41, 5.74) is 1.65. The van der Waals surface area contributed by atoms with Gasteiger partial charge in [-0.25, -0.2) is 4.98 Å². The van der Waals surface area contributed by atoms with Gasteiger partial charge in [0.25, 0.3) is 5.91 Å². The molecule has 8 heteroatoms. The SMILES string of the molecule is Cc1nnc(/N=C2/S/C(=C/c3ccc4ccccc4n3)C(=O)N2C)s1. The second kappa shape index (κ2) is 6.38. The molecule has 0 radical (unpaired) electrons. The summed E-state index contributed by atoms with van der Waals surface area (Å²) in [5.74, 6) is -0.0973. The maximum absolute atomic E-state index is 12.5. The maximum atomic E-state index is 12.5. The Bertz CT molecular complexity index is 1040. The second-order valence-corrected chi connectivity index (χ2v) is 7.57. The molecular weight excluding hydrogens is 354 g/mol. The van der Waals surface area contributed by atoms with E-state index in [0.717, 1.165) is 21.6 Å². The number of aromatic nitrogens is 3. The van der Waals surface area contributed by atoms with E-state index < -0.39 is 0 Å². The van der Waals surface area contributed by atoms with Gasteiger partial charge >= 0.3 is 0 Å². The van der Waals surface area contributed by atoms with Crippen molar-refractivity contribution in [1.29, 1.82) is 0 Å². The van der Waals surface area contributed by atoms with Crippen LogP contribution >= 0.6 is 23.1 Å². The van der Waals surface area contributed by atoms with Gasteiger partial charge in [-0.05, 0) is 36.9 Å². The van der Waals surface area contributed by atoms with E-state index in [1.165, 1.54) is 28.0 Å². The number of pyridine rings is 1. The average molecular weight is 367 g/mol. The number of hydrogen-bond acceptors (Lipinski definition) is 7. The summed E-state index contributed by atoms with van der Waals surface area (Å²) in [6, 6.07) is 11.8. The summed E-state index contributed by atoms with van der Waals surface area (Å²) in [7, 11) is 1.71. The molecule has 0 spiro atoms. The highest BCUT2D eigenvalue weighted by molar-refractivity contribution is 8.18. The summed E-state index contributed by atoms with van der Waals surface area (Å²) in [5, 5.41) is 11.0. The number of carbonyl (C=O) groups is 1. The van der Waals surface area contributed by atoms with E-state index in [1.54, 1.807) is 13.1 Å². The highest BCUT2D eigenvalue weighted by Gasteiger charge is 2.30. The molecular formula is C17H13N5OS2. The van der Waals surface area contributed by atoms with Gasteiger partial charge in [-0.2, -0.15) is 4.99 Å². The quantitative estimate of drug-likeness (QED) is 0.647. The molecule has 3 heterocycles. The Labute approximate surface area is 152 Å². The van der Waals surface area contributed by atoms with Crippen molar-refractivity contribution >= 4 is 56.3 Å². The molecule has 0 atom stereocenters. The molecule has 124 valence electrons. The molecule has 4 rings (SSSR count). The number of nitrogens with zero attached hydrogens (tertiary/aromatic N) is 5. The van der Waals surface area contributed by atoms with Crippen molar-refractivity contribution in [2.45, 2.75) is 6.92 Å². The topological polar surface area (TPSA) is 71.3 Å². The fourth-order valence-corrected chi connectivity index (χ4v) is 3.93. The number of fused-ring (bicyclic) bond motifs is 1. The van der Waals surface area contributed by atoms with Crippen LogP contribution in [0.3, 0.4) is 0 Å². The molecule has 1 fully saturated rings. The molecule has 1 aromatic carbocycles. The lowest BCUT2D eigenvalue weighted by Gasteiger charge is -2.05. The van der Waals surface area contributed by atoms with E-state index in [-0.39, 0.29) is 5.91 Å². The van der Waals surface area contributed by atoms with E-state index in [2.05, 4.69) is 20.2 Å². The first kappa shape index (κ1) is 15.9. The van der Waals surface area contributed by atoms with Crippen LogP contribution < -0.4 is 0 Å². The zero-order chi connectivity index (χ0) is 17.4. The van der Waals surface area contributed by atoms with E-state index in [4.69, 9.17) is 0 Å². The summed E-state index contributed by atoms with van der Waals surface area (Å²) in [4.78, 5) is 23.6. The number of amides is 1. The Hall–Kier alpha value is -2.58. The van der Waals surface area contributed by atoms with Crippen molar-refractivity contribution < 1.29 is 4.79 Å². The van der Waals surface area contributed by atoms with Crippen molar-refractivity contribution in [3.8, 4) is 0 Å². The van der Waals surface area contributed by atoms with Crippen LogP contribution in [0.4, 0.5) is 5.13 Å². The van der Waals surface area contributed by atoms with Crippen molar-refractivity contribution in [1.82, 2.24) is 20.1 Å². The van der Waals surface area contributed by atoms with Gasteiger partial charge in [0.05, 0.1) is 16.1 Å². The van der Waals surface area contributed by atoms with Crippen molar-refractivity contribution in [2.24, 2.45) is 4.99 Å². The number of rotatable bonds is 2. The van der Waals surface area contributed by atoms with Gasteiger partial charge in [0.2, 0.25) is 5.13 Å². The van der Waals surface area contributed by atoms with Crippen LogP contribution in [0.15, 0.2) is 46.3 Å². The number of likely N-dealkylation sites (N-methyl/N-ethyl adjacent to an activating group) is 1. The minimum Gasteiger partial charge on any atom is -0.289 e. The third kappa shape index (κ3) is 3.18. The number of para-hydroxylation sites is 1. The average Bonchev–Trinajstić information content (AvgIpc) is 3.14. The third-order valence-corrected chi connectivity index (χ3v) is 5.40. The van der Waals surface area contributed by atoms with Crippen molar-refractivity contribution in [3.63, 3.8) is 0 Å². The van der Waals surface area contributed by atoms with Gasteiger partial charge in [-0.3, -0.25) is 9.69 Å². The van der Waals surface area contributed by atoms with E-state index in [1.807, 2.05) is 43.3 Å². The van der Waals surface area contributed by atoms with Gasteiger partial charge < -0.3 is 0 Å². The van der Waals surface area contributed by atoms with Crippen LogP contribution in [-0.4, -0.2) is 38.2 Å². The van der Waals surface area contributed by atoms with Crippen LogP contribution in [0.2, 0.25) is 0 Å². The molecule has 2 aromatic heterocycles. The smallest absolute Gasteiger partial charge is 0.266 e. The van der Waals surface area contributed by atoms with Crippen LogP contribution in [0, 0.1) is 6.92 Å². The summed E-state index contributed by atoms with van der Waals surface area (Å²) >= 11 is 2.71. The Morgan fingerprint density at radius 2 is 2.00 bits per heavy atom. The van der Waals surface area contributed by atoms with Crippen LogP contribution in [0.1, 0.15) is 10.7 Å². The zero-order valence-corrected chi connectivity index (χ0v) is 15.1. The first-order chi connectivity index (χ1) is 12.1. The minimum atomic E-state index is -0.0973. The van der Waals surface area contributed by atoms with Crippen molar-refractivity contribution in [2.75, 3.05) is 7.05 Å². The Balaban J connectivity index is 1.66. The molecule has 1 aliphatic heterocycles. The summed E-state index contributed by atoms with van der Waals surface area (Å²) in [6.07, 6.45) is 1.80. The number of aliphatic imine (C=N–C) groups is 1. The molecule has 25 heavy (non-hydrogen) atoms. The van der Waals surface area contributed by atoms with Gasteiger partial charge in [-0.15, -0.1) is 10.2 Å². The summed E-state index contributed by atoms with van der Waals surface area (Å²) in [6.45, 7) is 1.87. The molecule has 0 unspecified atom stereocenters. The Morgan fingerprint density at radius 3 is 2.80 bits per heavy atom. The number of hydrogen-bond donors (Lipinski definition) is 0. The molecule has 1 saturated heterocycles. The number of thioether (sulfide) groups is 1. The molecule has 0 saturated carbocycles. The third-order valence-electron chi connectivity index (χ3n) is 3.61. The lowest BCUT2D eigenvalue weighted by atomic mass is 10.2. The number of aryl methyl sites for hydroxylation is 1. The van der Waals surface area contributed by atoms with Crippen molar-refractivity contribution in [3.05, 3.63) is 52.0 Å². The monoisotopic (exact) mass is 367 g/mol. The Kier molecular flexibility index (Phi) is 4.06. The zero-order valence-electron chi connectivity index (χ0n) is 13.5. The number of benzene rings is 1. The molecule has 0 N–H and O–H groups in total. The fraction of sp³-hybridized carbons (Fsp3) is 0.118. The van der Waals surface area contributed by atoms with E-state index in [0.29, 0.717) is 15.2 Å². The lowest BCUT2D eigenvalue weighted by molar-refractivity contribution is -0.121. The van der Waals surface area contributed by atoms with Gasteiger partial charge in [-0.1, -0.05) is 35.6 Å². The van der Waals surface area contributed by atoms with E-state index >= 15 is 0 Å². The molecule has 1 amide bonds. The van der Waals surface area contributed by atoms with E-state index in [9.17, 15) is 4.79 Å². The first-order valence-corrected chi connectivity index (χ1v) is 9.16. The molecule has 0 bridgehead atoms. The molecule has 3 aromatic rings. The standard InChI is InChI=1S/C17H13N5OS2/c1-10-20-21-16(24-10)19-17-22(2)15(23)14(25-17)9-12-8-7-11-5-3-4-6-13(11)18-12/h3-9H,1-2H3/b14-9+,19-17+. The molecule has 0 aliphatic carbocycles. The van der Waals surface area contributed by atoms with Crippen LogP contribution in [-0.2, 0) is 4.79 Å². The maximum Gasteiger partial charge on any atom is 0.266 e. The predicted molar refractivity (Wildman–Crippen MR) is 102 cm³/mol. The molecule has 6 nitrogen and oxygen atoms in total.